The van der Waals surface area contributed by atoms with Crippen LogP contribution in [0, 0.1) is 0 Å². The fourth-order valence-corrected chi connectivity index (χ4v) is 0.817. The zero-order valence-electron chi connectivity index (χ0n) is 8.16. The maximum absolute atomic E-state index is 10.9. The van der Waals surface area contributed by atoms with Crippen LogP contribution in [-0.4, -0.2) is 24.4 Å². The summed E-state index contributed by atoms with van der Waals surface area (Å²) in [5.41, 5.74) is 9.98. The second-order valence-electron chi connectivity index (χ2n) is 2.59. The van der Waals surface area contributed by atoms with Gasteiger partial charge >= 0.3 is 5.97 Å². The zero-order chi connectivity index (χ0) is 11.0. The summed E-state index contributed by atoms with van der Waals surface area (Å²) in [6.45, 7) is 2.07. The molecule has 6 heteroatoms. The van der Waals surface area contributed by atoms with Crippen molar-refractivity contribution < 1.29 is 14.3 Å². The highest BCUT2D eigenvalue weighted by Crippen LogP contribution is 1.99. The Balaban J connectivity index is 3.59. The second kappa shape index (κ2) is 6.88. The van der Waals surface area contributed by atoms with Crippen LogP contribution >= 0.6 is 0 Å². The maximum atomic E-state index is 10.9. The van der Waals surface area contributed by atoms with Gasteiger partial charge in [0, 0.05) is 12.8 Å². The van der Waals surface area contributed by atoms with Gasteiger partial charge in [0.15, 0.2) is 5.96 Å². The Morgan fingerprint density at radius 2 is 1.93 bits per heavy atom. The molecule has 0 aliphatic carbocycles. The van der Waals surface area contributed by atoms with Gasteiger partial charge in [-0.3, -0.25) is 9.59 Å². The number of carbonyl (C=O) groups is 2. The number of nitrogens with two attached hydrogens (primary N) is 2. The molecule has 0 bridgehead atoms. The van der Waals surface area contributed by atoms with Crippen molar-refractivity contribution in [2.45, 2.75) is 26.2 Å². The molecule has 80 valence electrons. The Labute approximate surface area is 82.3 Å². The van der Waals surface area contributed by atoms with E-state index in [-0.39, 0.29) is 24.8 Å². The lowest BCUT2D eigenvalue weighted by Gasteiger charge is -1.99. The van der Waals surface area contributed by atoms with E-state index in [0.717, 1.165) is 0 Å². The van der Waals surface area contributed by atoms with Gasteiger partial charge in [-0.1, -0.05) is 0 Å². The Kier molecular flexibility index (Phi) is 6.09. The lowest BCUT2D eigenvalue weighted by molar-refractivity contribution is -0.143. The summed E-state index contributed by atoms with van der Waals surface area (Å²) >= 11 is 0. The molecule has 14 heavy (non-hydrogen) atoms. The number of aliphatic imine (C=N–C) groups is 1. The van der Waals surface area contributed by atoms with Crippen molar-refractivity contribution in [2.24, 2.45) is 16.5 Å². The predicted octanol–water partition coefficient (Wildman–Crippen LogP) is -0.480. The van der Waals surface area contributed by atoms with E-state index < -0.39 is 5.91 Å². The first-order valence-electron chi connectivity index (χ1n) is 4.34. The van der Waals surface area contributed by atoms with Gasteiger partial charge in [-0.2, -0.15) is 4.99 Å². The molecule has 0 aromatic heterocycles. The van der Waals surface area contributed by atoms with Crippen molar-refractivity contribution >= 4 is 17.8 Å². The van der Waals surface area contributed by atoms with Crippen LogP contribution in [0.15, 0.2) is 4.99 Å². The molecule has 1 amide bonds. The molecule has 0 saturated carbocycles. The van der Waals surface area contributed by atoms with E-state index in [2.05, 4.69) is 9.73 Å². The summed E-state index contributed by atoms with van der Waals surface area (Å²) in [6.07, 6.45) is 0.755. The van der Waals surface area contributed by atoms with Crippen LogP contribution in [0.4, 0.5) is 0 Å². The Morgan fingerprint density at radius 1 is 1.29 bits per heavy atom. The van der Waals surface area contributed by atoms with Gasteiger partial charge < -0.3 is 16.2 Å². The molecule has 4 N–H and O–H groups in total. The molecule has 0 rings (SSSR count). The first-order valence-corrected chi connectivity index (χ1v) is 4.34. The van der Waals surface area contributed by atoms with Crippen LogP contribution in [0.2, 0.25) is 0 Å². The molecule has 0 aromatic carbocycles. The molecular weight excluding hydrogens is 186 g/mol. The molecule has 0 spiro atoms. The number of nitrogens with zero attached hydrogens (tertiary/aromatic N) is 1. The Morgan fingerprint density at radius 3 is 2.43 bits per heavy atom. The lowest BCUT2D eigenvalue weighted by Crippen LogP contribution is -2.24. The average Bonchev–Trinajstić information content (AvgIpc) is 2.02. The van der Waals surface area contributed by atoms with Crippen LogP contribution in [0.25, 0.3) is 0 Å². The lowest BCUT2D eigenvalue weighted by atomic mass is 10.2. The van der Waals surface area contributed by atoms with E-state index in [9.17, 15) is 9.59 Å². The number of esters is 1. The first kappa shape index (κ1) is 12.4. The van der Waals surface area contributed by atoms with Gasteiger partial charge in [0.05, 0.1) is 6.61 Å². The van der Waals surface area contributed by atoms with Crippen molar-refractivity contribution in [1.29, 1.82) is 0 Å². The van der Waals surface area contributed by atoms with E-state index >= 15 is 0 Å². The Bertz CT molecular complexity index is 234. The summed E-state index contributed by atoms with van der Waals surface area (Å²) in [6, 6.07) is 0. The monoisotopic (exact) mass is 201 g/mol. The second-order valence-corrected chi connectivity index (χ2v) is 2.59. The number of rotatable bonds is 5. The molecule has 0 aliphatic rings. The third-order valence-electron chi connectivity index (χ3n) is 1.33. The topological polar surface area (TPSA) is 108 Å². The Hall–Kier alpha value is -1.59. The molecule has 0 aliphatic heterocycles. The van der Waals surface area contributed by atoms with E-state index in [0.29, 0.717) is 13.0 Å². The fourth-order valence-electron chi connectivity index (χ4n) is 0.817. The van der Waals surface area contributed by atoms with Crippen molar-refractivity contribution in [3.63, 3.8) is 0 Å². The normalized spacial score (nSPS) is 9.21. The molecule has 0 unspecified atom stereocenters. The molecular formula is C8H15N3O3. The van der Waals surface area contributed by atoms with E-state index in [1.165, 1.54) is 0 Å². The zero-order valence-corrected chi connectivity index (χ0v) is 8.16. The van der Waals surface area contributed by atoms with Crippen LogP contribution < -0.4 is 11.5 Å². The highest BCUT2D eigenvalue weighted by atomic mass is 16.5. The standard InChI is InChI=1S/C8H15N3O3/c1-2-14-7(13)5-3-4-6(12)11-8(9)10/h2-5H2,1H3,(H4,9,10,11,12). The van der Waals surface area contributed by atoms with Gasteiger partial charge in [0.25, 0.3) is 0 Å². The molecule has 0 fully saturated rings. The minimum atomic E-state index is -0.422. The number of guanidine groups is 1. The van der Waals surface area contributed by atoms with E-state index in [4.69, 9.17) is 11.5 Å². The third kappa shape index (κ3) is 7.08. The van der Waals surface area contributed by atoms with Gasteiger partial charge in [-0.15, -0.1) is 0 Å². The minimum absolute atomic E-state index is 0.150. The summed E-state index contributed by atoms with van der Waals surface area (Å²) in [4.78, 5) is 25.0. The summed E-state index contributed by atoms with van der Waals surface area (Å²) in [5, 5.41) is 0. The quantitative estimate of drug-likeness (QED) is 0.355. The number of hydrogen-bond acceptors (Lipinski definition) is 3. The first-order chi connectivity index (χ1) is 6.56. The molecule has 0 heterocycles. The van der Waals surface area contributed by atoms with Crippen LogP contribution in [-0.2, 0) is 14.3 Å². The largest absolute Gasteiger partial charge is 0.466 e. The van der Waals surface area contributed by atoms with Crippen molar-refractivity contribution in [3.8, 4) is 0 Å². The SMILES string of the molecule is CCOC(=O)CCCC(=O)N=C(N)N. The third-order valence-corrected chi connectivity index (χ3v) is 1.33. The maximum Gasteiger partial charge on any atom is 0.305 e. The predicted molar refractivity (Wildman–Crippen MR) is 51.3 cm³/mol. The van der Waals surface area contributed by atoms with Gasteiger partial charge in [-0.25, -0.2) is 0 Å². The summed E-state index contributed by atoms with van der Waals surface area (Å²) in [7, 11) is 0. The summed E-state index contributed by atoms with van der Waals surface area (Å²) < 4.78 is 4.67. The number of ether oxygens (including phenoxy) is 1. The number of carbonyl (C=O) groups excluding carboxylic acids is 2. The van der Waals surface area contributed by atoms with Crippen molar-refractivity contribution in [1.82, 2.24) is 0 Å². The average molecular weight is 201 g/mol. The molecule has 0 atom stereocenters. The van der Waals surface area contributed by atoms with Crippen LogP contribution in [0.5, 0.6) is 0 Å². The molecule has 0 saturated heterocycles. The van der Waals surface area contributed by atoms with Crippen molar-refractivity contribution in [2.75, 3.05) is 6.61 Å². The molecule has 6 nitrogen and oxygen atoms in total. The highest BCUT2D eigenvalue weighted by molar-refractivity contribution is 5.91. The van der Waals surface area contributed by atoms with Crippen LogP contribution in [0.1, 0.15) is 26.2 Å². The minimum Gasteiger partial charge on any atom is -0.466 e. The highest BCUT2D eigenvalue weighted by Gasteiger charge is 2.04. The van der Waals surface area contributed by atoms with Gasteiger partial charge in [0.1, 0.15) is 0 Å². The van der Waals surface area contributed by atoms with E-state index in [1.54, 1.807) is 6.92 Å². The molecule has 0 radical (unpaired) electrons. The molecule has 0 aromatic rings. The van der Waals surface area contributed by atoms with Crippen molar-refractivity contribution in [3.05, 3.63) is 0 Å². The fraction of sp³-hybridized carbons (Fsp3) is 0.625. The van der Waals surface area contributed by atoms with E-state index in [1.807, 2.05) is 0 Å². The van der Waals surface area contributed by atoms with Crippen LogP contribution in [0.3, 0.4) is 0 Å². The number of amides is 1. The smallest absolute Gasteiger partial charge is 0.305 e. The van der Waals surface area contributed by atoms with Gasteiger partial charge in [0.2, 0.25) is 5.91 Å². The van der Waals surface area contributed by atoms with Gasteiger partial charge in [-0.05, 0) is 13.3 Å². The summed E-state index contributed by atoms with van der Waals surface area (Å²) in [5.74, 6) is -0.995. The number of hydrogen-bond donors (Lipinski definition) is 2.